The molecule has 0 spiro atoms. The highest BCUT2D eigenvalue weighted by molar-refractivity contribution is 7.98. The molecular formula is C16H12F2N4S. The second-order valence-corrected chi connectivity index (χ2v) is 5.98. The van der Waals surface area contributed by atoms with Crippen LogP contribution in [0.2, 0.25) is 0 Å². The first kappa shape index (κ1) is 14.2. The number of rotatable bonds is 4. The number of imidazole rings is 2. The highest BCUT2D eigenvalue weighted by Crippen LogP contribution is 2.28. The Morgan fingerprint density at radius 1 is 1.00 bits per heavy atom. The molecule has 0 aliphatic carbocycles. The SMILES string of the molecule is FC(F)n1c(CSc2nc3ccccc3[nH]2)nc2ccccc21. The van der Waals surface area contributed by atoms with E-state index in [4.69, 9.17) is 0 Å². The van der Waals surface area contributed by atoms with Crippen molar-refractivity contribution in [2.45, 2.75) is 17.5 Å². The van der Waals surface area contributed by atoms with Gasteiger partial charge in [-0.15, -0.1) is 0 Å². The number of aromatic amines is 1. The van der Waals surface area contributed by atoms with E-state index in [1.54, 1.807) is 24.3 Å². The third-order valence-corrected chi connectivity index (χ3v) is 4.44. The van der Waals surface area contributed by atoms with Crippen molar-refractivity contribution in [2.75, 3.05) is 0 Å². The predicted octanol–water partition coefficient (Wildman–Crippen LogP) is 4.60. The smallest absolute Gasteiger partial charge is 0.320 e. The first-order chi connectivity index (χ1) is 11.2. The summed E-state index contributed by atoms with van der Waals surface area (Å²) in [6.45, 7) is -2.62. The summed E-state index contributed by atoms with van der Waals surface area (Å²) in [6.07, 6.45) is 0. The van der Waals surface area contributed by atoms with E-state index in [9.17, 15) is 8.78 Å². The molecule has 2 aromatic carbocycles. The Balaban J connectivity index is 1.65. The van der Waals surface area contributed by atoms with Gasteiger partial charge in [-0.3, -0.25) is 4.57 Å². The van der Waals surface area contributed by atoms with Crippen molar-refractivity contribution in [2.24, 2.45) is 0 Å². The number of benzene rings is 2. The zero-order valence-electron chi connectivity index (χ0n) is 11.9. The molecule has 0 fully saturated rings. The Morgan fingerprint density at radius 3 is 2.52 bits per heavy atom. The van der Waals surface area contributed by atoms with Crippen molar-refractivity contribution in [1.29, 1.82) is 0 Å². The Labute approximate surface area is 134 Å². The number of thioether (sulfide) groups is 1. The molecule has 23 heavy (non-hydrogen) atoms. The highest BCUT2D eigenvalue weighted by Gasteiger charge is 2.17. The van der Waals surface area contributed by atoms with Gasteiger partial charge in [0.25, 0.3) is 0 Å². The van der Waals surface area contributed by atoms with Gasteiger partial charge in [0.15, 0.2) is 5.16 Å². The third-order valence-electron chi connectivity index (χ3n) is 3.57. The molecule has 0 aliphatic heterocycles. The van der Waals surface area contributed by atoms with Gasteiger partial charge in [0.05, 0.1) is 27.8 Å². The summed E-state index contributed by atoms with van der Waals surface area (Å²) in [5, 5.41) is 0.694. The van der Waals surface area contributed by atoms with Crippen LogP contribution in [0.1, 0.15) is 12.4 Å². The van der Waals surface area contributed by atoms with E-state index in [0.717, 1.165) is 15.6 Å². The third kappa shape index (κ3) is 2.57. The molecule has 0 radical (unpaired) electrons. The summed E-state index contributed by atoms with van der Waals surface area (Å²) in [7, 11) is 0. The molecule has 0 atom stereocenters. The molecule has 0 bridgehead atoms. The Hall–Kier alpha value is -2.41. The van der Waals surface area contributed by atoms with E-state index in [1.165, 1.54) is 11.8 Å². The molecule has 4 rings (SSSR count). The quantitative estimate of drug-likeness (QED) is 0.556. The number of halogens is 2. The van der Waals surface area contributed by atoms with Crippen molar-refractivity contribution in [3.8, 4) is 0 Å². The minimum Gasteiger partial charge on any atom is -0.333 e. The van der Waals surface area contributed by atoms with E-state index in [0.29, 0.717) is 27.8 Å². The lowest BCUT2D eigenvalue weighted by Gasteiger charge is -2.06. The van der Waals surface area contributed by atoms with Crippen molar-refractivity contribution in [3.05, 3.63) is 54.4 Å². The Kier molecular flexibility index (Phi) is 3.49. The van der Waals surface area contributed by atoms with Gasteiger partial charge in [-0.1, -0.05) is 36.0 Å². The van der Waals surface area contributed by atoms with Crippen molar-refractivity contribution >= 4 is 33.8 Å². The fourth-order valence-electron chi connectivity index (χ4n) is 2.54. The summed E-state index contributed by atoms with van der Waals surface area (Å²) < 4.78 is 27.7. The van der Waals surface area contributed by atoms with E-state index in [1.807, 2.05) is 24.3 Å². The number of para-hydroxylation sites is 4. The lowest BCUT2D eigenvalue weighted by molar-refractivity contribution is 0.0722. The van der Waals surface area contributed by atoms with Gasteiger partial charge in [0.1, 0.15) is 5.82 Å². The minimum atomic E-state index is -2.62. The largest absolute Gasteiger partial charge is 0.333 e. The molecule has 7 heteroatoms. The first-order valence-electron chi connectivity index (χ1n) is 7.04. The second kappa shape index (κ2) is 5.66. The first-order valence-corrected chi connectivity index (χ1v) is 8.02. The maximum Gasteiger partial charge on any atom is 0.320 e. The van der Waals surface area contributed by atoms with Crippen LogP contribution < -0.4 is 0 Å². The molecule has 0 saturated heterocycles. The number of hydrogen-bond acceptors (Lipinski definition) is 3. The van der Waals surface area contributed by atoms with Crippen LogP contribution >= 0.6 is 11.8 Å². The summed E-state index contributed by atoms with van der Waals surface area (Å²) >= 11 is 1.36. The fraction of sp³-hybridized carbons (Fsp3) is 0.125. The number of nitrogens with zero attached hydrogens (tertiary/aromatic N) is 3. The second-order valence-electron chi connectivity index (χ2n) is 5.01. The predicted molar refractivity (Wildman–Crippen MR) is 86.6 cm³/mol. The molecular weight excluding hydrogens is 318 g/mol. The molecule has 0 amide bonds. The van der Waals surface area contributed by atoms with Crippen LogP contribution in [0.25, 0.3) is 22.1 Å². The van der Waals surface area contributed by atoms with Crippen LogP contribution in [0.15, 0.2) is 53.7 Å². The number of alkyl halides is 2. The fourth-order valence-corrected chi connectivity index (χ4v) is 3.36. The van der Waals surface area contributed by atoms with Crippen LogP contribution in [-0.2, 0) is 5.75 Å². The monoisotopic (exact) mass is 330 g/mol. The van der Waals surface area contributed by atoms with Crippen LogP contribution in [0.4, 0.5) is 8.78 Å². The summed E-state index contributed by atoms with van der Waals surface area (Å²) in [5.41, 5.74) is 2.81. The minimum absolute atomic E-state index is 0.318. The zero-order valence-corrected chi connectivity index (χ0v) is 12.7. The van der Waals surface area contributed by atoms with Gasteiger partial charge in [-0.2, -0.15) is 8.78 Å². The molecule has 4 aromatic rings. The summed E-state index contributed by atoms with van der Waals surface area (Å²) in [4.78, 5) is 11.9. The number of fused-ring (bicyclic) bond motifs is 2. The van der Waals surface area contributed by atoms with Gasteiger partial charge >= 0.3 is 6.55 Å². The molecule has 116 valence electrons. The van der Waals surface area contributed by atoms with Crippen molar-refractivity contribution < 1.29 is 8.78 Å². The van der Waals surface area contributed by atoms with Gasteiger partial charge in [0.2, 0.25) is 0 Å². The molecule has 0 saturated carbocycles. The van der Waals surface area contributed by atoms with Gasteiger partial charge in [-0.05, 0) is 24.3 Å². The van der Waals surface area contributed by atoms with E-state index in [2.05, 4.69) is 15.0 Å². The lowest BCUT2D eigenvalue weighted by atomic mass is 10.3. The molecule has 1 N–H and O–H groups in total. The Bertz CT molecular complexity index is 943. The topological polar surface area (TPSA) is 46.5 Å². The van der Waals surface area contributed by atoms with E-state index in [-0.39, 0.29) is 0 Å². The average Bonchev–Trinajstić information content (AvgIpc) is 3.13. The summed E-state index contributed by atoms with van der Waals surface area (Å²) in [6, 6.07) is 14.6. The Morgan fingerprint density at radius 2 is 1.74 bits per heavy atom. The summed E-state index contributed by atoms with van der Waals surface area (Å²) in [5.74, 6) is 0.658. The normalized spacial score (nSPS) is 11.8. The van der Waals surface area contributed by atoms with E-state index >= 15 is 0 Å². The van der Waals surface area contributed by atoms with Crippen LogP contribution in [-0.4, -0.2) is 19.5 Å². The molecule has 2 aromatic heterocycles. The maximum atomic E-state index is 13.4. The number of hydrogen-bond donors (Lipinski definition) is 1. The molecule has 0 unspecified atom stereocenters. The highest BCUT2D eigenvalue weighted by atomic mass is 32.2. The van der Waals surface area contributed by atoms with Gasteiger partial charge in [0, 0.05) is 0 Å². The zero-order chi connectivity index (χ0) is 15.8. The van der Waals surface area contributed by atoms with E-state index < -0.39 is 6.55 Å². The number of aromatic nitrogens is 4. The van der Waals surface area contributed by atoms with Crippen molar-refractivity contribution in [1.82, 2.24) is 19.5 Å². The van der Waals surface area contributed by atoms with Crippen LogP contribution in [0, 0.1) is 0 Å². The maximum absolute atomic E-state index is 13.4. The average molecular weight is 330 g/mol. The van der Waals surface area contributed by atoms with Gasteiger partial charge < -0.3 is 4.98 Å². The van der Waals surface area contributed by atoms with Crippen LogP contribution in [0.3, 0.4) is 0 Å². The molecule has 2 heterocycles. The number of H-pyrrole nitrogens is 1. The molecule has 0 aliphatic rings. The number of nitrogens with one attached hydrogen (secondary N) is 1. The van der Waals surface area contributed by atoms with Gasteiger partial charge in [-0.25, -0.2) is 9.97 Å². The standard InChI is InChI=1S/C16H12F2N4S/c17-15(18)22-13-8-4-3-7-12(13)19-14(22)9-23-16-20-10-5-1-2-6-11(10)21-16/h1-8,15H,9H2,(H,20,21). The van der Waals surface area contributed by atoms with Crippen molar-refractivity contribution in [3.63, 3.8) is 0 Å². The van der Waals surface area contributed by atoms with Crippen LogP contribution in [0.5, 0.6) is 0 Å². The lowest BCUT2D eigenvalue weighted by Crippen LogP contribution is -2.03. The molecule has 4 nitrogen and oxygen atoms in total.